The number of aliphatic hydroxyl groups excluding tert-OH is 1. The number of carboxylic acids is 1. The van der Waals surface area contributed by atoms with Gasteiger partial charge in [0.15, 0.2) is 0 Å². The number of carbonyl (C=O) groups excluding carboxylic acids is 1. The SMILES string of the molecule is CC(C)(Oc1cccc(S(=O)(=O)c2ccc(CCNC[C@@H](O)c3cccc(Cl)c3)cc2)c1)C(=O)[O-].[Na+]. The zero-order valence-electron chi connectivity index (χ0n) is 20.4. The van der Waals surface area contributed by atoms with Gasteiger partial charge in [-0.25, -0.2) is 8.42 Å². The number of hydrogen-bond donors (Lipinski definition) is 2. The molecule has 10 heteroatoms. The minimum Gasteiger partial charge on any atom is -0.546 e. The molecule has 3 aromatic rings. The van der Waals surface area contributed by atoms with Crippen molar-refractivity contribution in [2.24, 2.45) is 0 Å². The third-order valence-corrected chi connectivity index (χ3v) is 7.38. The van der Waals surface area contributed by atoms with Crippen molar-refractivity contribution in [3.63, 3.8) is 0 Å². The summed E-state index contributed by atoms with van der Waals surface area (Å²) in [5, 5.41) is 25.2. The molecular weight excluding hydrogens is 513 g/mol. The second-order valence-electron chi connectivity index (χ2n) is 8.55. The Morgan fingerprint density at radius 2 is 1.72 bits per heavy atom. The van der Waals surface area contributed by atoms with Crippen LogP contribution in [0.3, 0.4) is 0 Å². The Labute approximate surface area is 238 Å². The number of sulfone groups is 1. The molecule has 3 rings (SSSR count). The standard InChI is InChI=1S/C26H28ClNO6S.Na/c1-26(2,25(30)31)34-21-7-4-8-23(16-21)35(32,33)22-11-9-18(10-12-22)13-14-28-17-24(29)19-5-3-6-20(27)15-19;/h3-12,15-16,24,28-29H,13-14,17H2,1-2H3,(H,30,31);/q;+1/p-1/t24-;/m1./s1. The summed E-state index contributed by atoms with van der Waals surface area (Å²) in [6.07, 6.45) is -0.0391. The number of ether oxygens (including phenoxy) is 1. The normalized spacial score (nSPS) is 12.4. The Morgan fingerprint density at radius 3 is 2.36 bits per heavy atom. The molecule has 0 aliphatic rings. The van der Waals surface area contributed by atoms with Gasteiger partial charge in [0, 0.05) is 11.6 Å². The van der Waals surface area contributed by atoms with Crippen molar-refractivity contribution in [2.45, 2.75) is 41.8 Å². The first-order valence-corrected chi connectivity index (χ1v) is 12.8. The van der Waals surface area contributed by atoms with Crippen LogP contribution in [-0.2, 0) is 21.1 Å². The maximum atomic E-state index is 13.1. The largest absolute Gasteiger partial charge is 1.00 e. The van der Waals surface area contributed by atoms with Crippen molar-refractivity contribution in [2.75, 3.05) is 13.1 Å². The molecule has 7 nitrogen and oxygen atoms in total. The van der Waals surface area contributed by atoms with Crippen LogP contribution in [0.1, 0.15) is 31.1 Å². The van der Waals surface area contributed by atoms with Gasteiger partial charge in [-0.05, 0) is 80.4 Å². The van der Waals surface area contributed by atoms with E-state index in [-0.39, 0.29) is 45.1 Å². The van der Waals surface area contributed by atoms with Crippen molar-refractivity contribution in [1.82, 2.24) is 5.32 Å². The molecule has 0 amide bonds. The summed E-state index contributed by atoms with van der Waals surface area (Å²) >= 11 is 5.95. The molecule has 3 aromatic carbocycles. The molecule has 0 spiro atoms. The van der Waals surface area contributed by atoms with Gasteiger partial charge in [-0.1, -0.05) is 41.9 Å². The number of carboxylic acid groups (broad SMARTS) is 1. The van der Waals surface area contributed by atoms with Crippen molar-refractivity contribution in [1.29, 1.82) is 0 Å². The molecule has 0 heterocycles. The molecule has 186 valence electrons. The van der Waals surface area contributed by atoms with Crippen LogP contribution < -0.4 is 44.7 Å². The number of aliphatic carboxylic acids is 1. The Hall–Kier alpha value is -1.91. The number of rotatable bonds is 11. The average Bonchev–Trinajstić information content (AvgIpc) is 2.82. The first-order valence-electron chi connectivity index (χ1n) is 11.0. The summed E-state index contributed by atoms with van der Waals surface area (Å²) in [5.41, 5.74) is 0.0566. The van der Waals surface area contributed by atoms with Crippen LogP contribution >= 0.6 is 11.6 Å². The second-order valence-corrected chi connectivity index (χ2v) is 10.9. The van der Waals surface area contributed by atoms with Gasteiger partial charge in [0.2, 0.25) is 9.84 Å². The summed E-state index contributed by atoms with van der Waals surface area (Å²) in [7, 11) is -3.83. The van der Waals surface area contributed by atoms with Crippen molar-refractivity contribution >= 4 is 27.4 Å². The number of halogens is 1. The fourth-order valence-electron chi connectivity index (χ4n) is 3.32. The smallest absolute Gasteiger partial charge is 0.546 e. The van der Waals surface area contributed by atoms with E-state index < -0.39 is 27.5 Å². The predicted octanol–water partition coefficient (Wildman–Crippen LogP) is -0.0502. The van der Waals surface area contributed by atoms with E-state index in [1.54, 1.807) is 30.3 Å². The topological polar surface area (TPSA) is 116 Å². The van der Waals surface area contributed by atoms with Crippen LogP contribution in [-0.4, -0.2) is 38.2 Å². The average molecular weight is 540 g/mol. The van der Waals surface area contributed by atoms with Crippen LogP contribution in [0.15, 0.2) is 82.6 Å². The molecule has 36 heavy (non-hydrogen) atoms. The molecule has 1 atom stereocenters. The zero-order chi connectivity index (χ0) is 25.6. The van der Waals surface area contributed by atoms with Gasteiger partial charge in [0.1, 0.15) is 11.4 Å². The predicted molar refractivity (Wildman–Crippen MR) is 131 cm³/mol. The van der Waals surface area contributed by atoms with E-state index in [0.29, 0.717) is 24.5 Å². The minimum atomic E-state index is -3.83. The number of aliphatic hydroxyl groups is 1. The molecular formula is C26H27ClNNaO6S. The molecule has 0 aliphatic carbocycles. The van der Waals surface area contributed by atoms with Crippen LogP contribution in [0.25, 0.3) is 0 Å². The Bertz CT molecular complexity index is 1280. The van der Waals surface area contributed by atoms with Crippen LogP contribution in [0, 0.1) is 0 Å². The molecule has 0 aliphatic heterocycles. The number of nitrogens with one attached hydrogen (secondary N) is 1. The second kappa shape index (κ2) is 13.1. The van der Waals surface area contributed by atoms with Crippen molar-refractivity contribution in [3.05, 3.63) is 88.9 Å². The first-order chi connectivity index (χ1) is 16.5. The summed E-state index contributed by atoms with van der Waals surface area (Å²) in [5.74, 6) is -1.29. The molecule has 0 fully saturated rings. The summed E-state index contributed by atoms with van der Waals surface area (Å²) in [6.45, 7) is 3.61. The number of hydrogen-bond acceptors (Lipinski definition) is 7. The van der Waals surface area contributed by atoms with Crippen LogP contribution in [0.4, 0.5) is 0 Å². The van der Waals surface area contributed by atoms with E-state index in [4.69, 9.17) is 16.3 Å². The Balaban J connectivity index is 0.00000456. The van der Waals surface area contributed by atoms with E-state index >= 15 is 0 Å². The maximum absolute atomic E-state index is 13.1. The van der Waals surface area contributed by atoms with E-state index in [0.717, 1.165) is 11.1 Å². The molecule has 0 aromatic heterocycles. The van der Waals surface area contributed by atoms with E-state index in [9.17, 15) is 23.4 Å². The summed E-state index contributed by atoms with van der Waals surface area (Å²) < 4.78 is 31.5. The third kappa shape index (κ3) is 8.05. The van der Waals surface area contributed by atoms with Gasteiger partial charge in [-0.3, -0.25) is 0 Å². The fourth-order valence-corrected chi connectivity index (χ4v) is 4.81. The van der Waals surface area contributed by atoms with Crippen LogP contribution in [0.5, 0.6) is 5.75 Å². The van der Waals surface area contributed by atoms with Gasteiger partial charge in [0.25, 0.3) is 0 Å². The molecule has 0 saturated heterocycles. The van der Waals surface area contributed by atoms with Gasteiger partial charge in [-0.15, -0.1) is 0 Å². The quantitative estimate of drug-likeness (QED) is 0.259. The van der Waals surface area contributed by atoms with Gasteiger partial charge in [-0.2, -0.15) is 0 Å². The monoisotopic (exact) mass is 539 g/mol. The number of carbonyl (C=O) groups is 1. The molecule has 0 unspecified atom stereocenters. The molecule has 0 saturated carbocycles. The van der Waals surface area contributed by atoms with Crippen molar-refractivity contribution < 1.29 is 57.7 Å². The fraction of sp³-hybridized carbons (Fsp3) is 0.269. The van der Waals surface area contributed by atoms with E-state index in [1.165, 1.54) is 50.2 Å². The summed E-state index contributed by atoms with van der Waals surface area (Å²) in [6, 6.07) is 19.3. The van der Waals surface area contributed by atoms with E-state index in [2.05, 4.69) is 5.32 Å². The molecule has 0 bridgehead atoms. The van der Waals surface area contributed by atoms with Gasteiger partial charge >= 0.3 is 29.6 Å². The Kier molecular flexibility index (Phi) is 11.0. The molecule has 2 N–H and O–H groups in total. The first kappa shape index (κ1) is 30.3. The number of benzene rings is 3. The van der Waals surface area contributed by atoms with Gasteiger partial charge < -0.3 is 25.1 Å². The maximum Gasteiger partial charge on any atom is 1.00 e. The summed E-state index contributed by atoms with van der Waals surface area (Å²) in [4.78, 5) is 11.3. The van der Waals surface area contributed by atoms with Crippen LogP contribution in [0.2, 0.25) is 5.02 Å². The molecule has 0 radical (unpaired) electrons. The van der Waals surface area contributed by atoms with E-state index in [1.807, 2.05) is 6.07 Å². The zero-order valence-corrected chi connectivity index (χ0v) is 24.0. The Morgan fingerprint density at radius 1 is 1.06 bits per heavy atom. The third-order valence-electron chi connectivity index (χ3n) is 5.38. The van der Waals surface area contributed by atoms with Crippen molar-refractivity contribution in [3.8, 4) is 5.75 Å². The van der Waals surface area contributed by atoms with Gasteiger partial charge in [0.05, 0.1) is 21.9 Å². The minimum absolute atomic E-state index is 0.